The third-order valence-electron chi connectivity index (χ3n) is 6.44. The lowest BCUT2D eigenvalue weighted by atomic mass is 10.0. The number of hydrogen-bond donors (Lipinski definition) is 1. The lowest BCUT2D eigenvalue weighted by molar-refractivity contribution is -0.132. The van der Waals surface area contributed by atoms with Crippen LogP contribution in [0.1, 0.15) is 42.9 Å². The Balaban J connectivity index is 1.70. The number of aromatic nitrogens is 6. The molecule has 3 aromatic heterocycles. The van der Waals surface area contributed by atoms with Gasteiger partial charge in [0.25, 0.3) is 0 Å². The SMILES string of the molecule is CCC(=O)N1Cc2nn(C)c(C)c2/C=C/c2[nH]nc3ccc(cc23)-c2cnn(C)c2OC(C)C1. The molecule has 5 rings (SSSR count). The number of ether oxygens (including phenoxy) is 1. The van der Waals surface area contributed by atoms with Crippen LogP contribution >= 0.6 is 0 Å². The average molecular weight is 460 g/mol. The minimum absolute atomic E-state index is 0.0603. The van der Waals surface area contributed by atoms with E-state index in [1.54, 1.807) is 4.68 Å². The van der Waals surface area contributed by atoms with Crippen LogP contribution in [0.15, 0.2) is 24.4 Å². The van der Waals surface area contributed by atoms with Crippen LogP contribution in [0.5, 0.6) is 5.88 Å². The van der Waals surface area contributed by atoms with Gasteiger partial charge in [-0.3, -0.25) is 14.6 Å². The fourth-order valence-electron chi connectivity index (χ4n) is 4.48. The van der Waals surface area contributed by atoms with Crippen LogP contribution in [0.4, 0.5) is 0 Å². The maximum Gasteiger partial charge on any atom is 0.222 e. The van der Waals surface area contributed by atoms with Gasteiger partial charge >= 0.3 is 0 Å². The third kappa shape index (κ3) is 3.76. The molecule has 1 N–H and O–H groups in total. The van der Waals surface area contributed by atoms with Crippen LogP contribution in [0.25, 0.3) is 34.2 Å². The standard InChI is InChI=1S/C25H29N7O2/c1-6-24(33)32-13-15(2)34-25-20(12-26-31(25)5)17-7-9-21-19(11-17)22(28-27-21)10-8-18-16(3)30(4)29-23(18)14-32/h7-12,15H,6,13-14H2,1-5H3,(H,27,28)/b10-8+. The highest BCUT2D eigenvalue weighted by Crippen LogP contribution is 2.33. The van der Waals surface area contributed by atoms with E-state index in [1.165, 1.54) is 0 Å². The molecule has 34 heavy (non-hydrogen) atoms. The minimum Gasteiger partial charge on any atom is -0.472 e. The Bertz CT molecular complexity index is 1410. The first-order chi connectivity index (χ1) is 16.4. The molecule has 4 heterocycles. The van der Waals surface area contributed by atoms with Gasteiger partial charge in [-0.25, -0.2) is 4.68 Å². The second-order valence-electron chi connectivity index (χ2n) is 8.82. The van der Waals surface area contributed by atoms with E-state index in [4.69, 9.17) is 9.84 Å². The number of benzene rings is 1. The highest BCUT2D eigenvalue weighted by Gasteiger charge is 2.23. The van der Waals surface area contributed by atoms with Crippen molar-refractivity contribution in [2.75, 3.05) is 6.54 Å². The number of aryl methyl sites for hydroxylation is 2. The Kier molecular flexibility index (Phi) is 5.47. The Hall–Kier alpha value is -3.88. The number of hydrogen-bond acceptors (Lipinski definition) is 5. The smallest absolute Gasteiger partial charge is 0.222 e. The molecule has 0 fully saturated rings. The zero-order valence-electron chi connectivity index (χ0n) is 20.2. The molecule has 1 aliphatic heterocycles. The molecule has 176 valence electrons. The van der Waals surface area contributed by atoms with Crippen LogP contribution < -0.4 is 4.74 Å². The number of rotatable bonds is 1. The second-order valence-corrected chi connectivity index (χ2v) is 8.82. The van der Waals surface area contributed by atoms with Gasteiger partial charge in [-0.1, -0.05) is 13.0 Å². The van der Waals surface area contributed by atoms with E-state index >= 15 is 0 Å². The van der Waals surface area contributed by atoms with E-state index in [0.717, 1.165) is 44.7 Å². The number of aromatic amines is 1. The fraction of sp³-hybridized carbons (Fsp3) is 0.360. The van der Waals surface area contributed by atoms with Gasteiger partial charge in [0.05, 0.1) is 41.8 Å². The average Bonchev–Trinajstić information content (AvgIpc) is 3.47. The summed E-state index contributed by atoms with van der Waals surface area (Å²) in [6.45, 7) is 6.75. The van der Waals surface area contributed by atoms with Gasteiger partial charge in [-0.15, -0.1) is 0 Å². The highest BCUT2D eigenvalue weighted by atomic mass is 16.5. The van der Waals surface area contributed by atoms with Crippen molar-refractivity contribution in [1.82, 2.24) is 34.7 Å². The number of carbonyl (C=O) groups excluding carboxylic acids is 1. The lowest BCUT2D eigenvalue weighted by Crippen LogP contribution is -2.38. The first-order valence-corrected chi connectivity index (χ1v) is 11.5. The number of H-pyrrole nitrogens is 1. The Morgan fingerprint density at radius 3 is 2.85 bits per heavy atom. The Labute approximate surface area is 198 Å². The third-order valence-corrected chi connectivity index (χ3v) is 6.44. The van der Waals surface area contributed by atoms with Crippen molar-refractivity contribution < 1.29 is 9.53 Å². The molecular formula is C25H29N7O2. The van der Waals surface area contributed by atoms with Crippen molar-refractivity contribution in [1.29, 1.82) is 0 Å². The number of carbonyl (C=O) groups is 1. The van der Waals surface area contributed by atoms with Crippen LogP contribution in [0.3, 0.4) is 0 Å². The molecule has 0 aliphatic carbocycles. The first kappa shape index (κ1) is 21.9. The van der Waals surface area contributed by atoms with Gasteiger partial charge < -0.3 is 9.64 Å². The van der Waals surface area contributed by atoms with E-state index in [2.05, 4.69) is 27.4 Å². The largest absolute Gasteiger partial charge is 0.472 e. The minimum atomic E-state index is -0.244. The van der Waals surface area contributed by atoms with Gasteiger partial charge in [0, 0.05) is 37.2 Å². The maximum absolute atomic E-state index is 12.9. The van der Waals surface area contributed by atoms with E-state index in [-0.39, 0.29) is 12.0 Å². The molecule has 0 saturated carbocycles. The van der Waals surface area contributed by atoms with Crippen molar-refractivity contribution in [3.8, 4) is 17.0 Å². The summed E-state index contributed by atoms with van der Waals surface area (Å²) in [7, 11) is 3.79. The van der Waals surface area contributed by atoms with Crippen molar-refractivity contribution in [2.45, 2.75) is 39.8 Å². The molecule has 4 aromatic rings. The number of nitrogens with zero attached hydrogens (tertiary/aromatic N) is 6. The Morgan fingerprint density at radius 1 is 1.24 bits per heavy atom. The van der Waals surface area contributed by atoms with Crippen LogP contribution in [0.2, 0.25) is 0 Å². The van der Waals surface area contributed by atoms with Gasteiger partial charge in [-0.05, 0) is 43.7 Å². The predicted molar refractivity (Wildman–Crippen MR) is 131 cm³/mol. The summed E-state index contributed by atoms with van der Waals surface area (Å²) in [4.78, 5) is 14.7. The maximum atomic E-state index is 12.9. The molecule has 1 atom stereocenters. The molecule has 1 aromatic carbocycles. The van der Waals surface area contributed by atoms with Crippen LogP contribution in [0, 0.1) is 6.92 Å². The summed E-state index contributed by atoms with van der Waals surface area (Å²) in [5, 5.41) is 17.8. The lowest BCUT2D eigenvalue weighted by Gasteiger charge is -2.26. The summed E-state index contributed by atoms with van der Waals surface area (Å²) < 4.78 is 9.97. The number of fused-ring (bicyclic) bond motifs is 4. The topological polar surface area (TPSA) is 93.9 Å². The number of amides is 1. The molecular weight excluding hydrogens is 430 g/mol. The van der Waals surface area contributed by atoms with Gasteiger partial charge in [0.15, 0.2) is 0 Å². The Morgan fingerprint density at radius 2 is 2.06 bits per heavy atom. The quantitative estimate of drug-likeness (QED) is 0.469. The molecule has 1 unspecified atom stereocenters. The monoisotopic (exact) mass is 459 g/mol. The molecule has 0 saturated heterocycles. The van der Waals surface area contributed by atoms with Gasteiger partial charge in [-0.2, -0.15) is 15.3 Å². The highest BCUT2D eigenvalue weighted by molar-refractivity contribution is 5.93. The summed E-state index contributed by atoms with van der Waals surface area (Å²) in [5.74, 6) is 0.728. The molecule has 1 aliphatic rings. The summed E-state index contributed by atoms with van der Waals surface area (Å²) >= 11 is 0. The van der Waals surface area contributed by atoms with E-state index in [1.807, 2.05) is 68.9 Å². The van der Waals surface area contributed by atoms with Crippen molar-refractivity contribution >= 4 is 29.0 Å². The zero-order chi connectivity index (χ0) is 24.0. The molecule has 0 radical (unpaired) electrons. The van der Waals surface area contributed by atoms with Crippen molar-refractivity contribution in [3.05, 3.63) is 47.0 Å². The van der Waals surface area contributed by atoms with Gasteiger partial charge in [0.2, 0.25) is 11.8 Å². The molecule has 2 bridgehead atoms. The summed E-state index contributed by atoms with van der Waals surface area (Å²) in [6.07, 6.45) is 6.07. The molecule has 0 spiro atoms. The normalized spacial score (nSPS) is 17.1. The first-order valence-electron chi connectivity index (χ1n) is 11.5. The van der Waals surface area contributed by atoms with E-state index in [0.29, 0.717) is 25.4 Å². The van der Waals surface area contributed by atoms with Crippen LogP contribution in [-0.2, 0) is 25.4 Å². The molecule has 1 amide bonds. The molecule has 9 heteroatoms. The summed E-state index contributed by atoms with van der Waals surface area (Å²) in [5.41, 5.74) is 6.58. The second kappa shape index (κ2) is 8.48. The van der Waals surface area contributed by atoms with Crippen molar-refractivity contribution in [2.24, 2.45) is 14.1 Å². The molecule has 9 nitrogen and oxygen atoms in total. The zero-order valence-corrected chi connectivity index (χ0v) is 20.2. The van der Waals surface area contributed by atoms with E-state index in [9.17, 15) is 4.79 Å². The number of nitrogens with one attached hydrogen (secondary N) is 1. The van der Waals surface area contributed by atoms with Gasteiger partial charge in [0.1, 0.15) is 6.10 Å². The summed E-state index contributed by atoms with van der Waals surface area (Å²) in [6, 6.07) is 6.13. The van der Waals surface area contributed by atoms with Crippen LogP contribution in [-0.4, -0.2) is 53.2 Å². The fourth-order valence-corrected chi connectivity index (χ4v) is 4.48. The predicted octanol–water partition coefficient (Wildman–Crippen LogP) is 3.70. The van der Waals surface area contributed by atoms with Crippen molar-refractivity contribution in [3.63, 3.8) is 0 Å². The van der Waals surface area contributed by atoms with E-state index < -0.39 is 0 Å².